The van der Waals surface area contributed by atoms with Crippen molar-refractivity contribution in [3.8, 4) is 11.3 Å². The number of piperidine rings is 1. The van der Waals surface area contributed by atoms with E-state index in [-0.39, 0.29) is 18.3 Å². The second kappa shape index (κ2) is 9.79. The van der Waals surface area contributed by atoms with Gasteiger partial charge in [0.25, 0.3) is 0 Å². The topological polar surface area (TPSA) is 92.0 Å². The van der Waals surface area contributed by atoms with Crippen LogP contribution in [0.15, 0.2) is 47.4 Å². The second-order valence-electron chi connectivity index (χ2n) is 9.68. The maximum absolute atomic E-state index is 12.9. The van der Waals surface area contributed by atoms with Gasteiger partial charge < -0.3 is 15.0 Å². The minimum absolute atomic E-state index is 0.0480. The summed E-state index contributed by atoms with van der Waals surface area (Å²) in [5, 5.41) is 15.4. The van der Waals surface area contributed by atoms with E-state index in [1.165, 1.54) is 12.1 Å². The van der Waals surface area contributed by atoms with E-state index in [9.17, 15) is 23.1 Å². The Morgan fingerprint density at radius 2 is 1.81 bits per heavy atom. The van der Waals surface area contributed by atoms with Gasteiger partial charge in [0.1, 0.15) is 0 Å². The second-order valence-corrected chi connectivity index (χ2v) is 9.68. The van der Waals surface area contributed by atoms with Crippen LogP contribution < -0.4 is 5.69 Å². The number of aliphatic hydroxyl groups excluding tert-OH is 1. The number of β-amino-alcohol motifs (C(OH)–C–C–N with tert-alkyl or cyclic N) is 1. The van der Waals surface area contributed by atoms with Crippen LogP contribution >= 0.6 is 0 Å². The van der Waals surface area contributed by atoms with Crippen molar-refractivity contribution in [1.29, 1.82) is 0 Å². The summed E-state index contributed by atoms with van der Waals surface area (Å²) >= 11 is 0. The van der Waals surface area contributed by atoms with Gasteiger partial charge in [0, 0.05) is 43.1 Å². The van der Waals surface area contributed by atoms with Crippen molar-refractivity contribution in [3.63, 3.8) is 0 Å². The van der Waals surface area contributed by atoms with Crippen molar-refractivity contribution in [2.75, 3.05) is 19.6 Å². The molecule has 8 nitrogen and oxygen atoms in total. The Morgan fingerprint density at radius 1 is 1.11 bits per heavy atom. The van der Waals surface area contributed by atoms with Crippen LogP contribution in [0.4, 0.5) is 13.2 Å². The summed E-state index contributed by atoms with van der Waals surface area (Å²) < 4.78 is 42.2. The lowest BCUT2D eigenvalue weighted by atomic mass is 10.0. The molecule has 1 fully saturated rings. The molecule has 1 saturated heterocycles. The van der Waals surface area contributed by atoms with E-state index >= 15 is 0 Å². The molecular weight excluding hydrogens is 485 g/mol. The number of aliphatic hydroxyl groups is 1. The molecule has 0 saturated carbocycles. The number of benzene rings is 1. The Kier molecular flexibility index (Phi) is 6.67. The lowest BCUT2D eigenvalue weighted by Crippen LogP contribution is -2.41. The van der Waals surface area contributed by atoms with Crippen LogP contribution in [0.1, 0.15) is 35.7 Å². The van der Waals surface area contributed by atoms with Gasteiger partial charge in [-0.2, -0.15) is 18.3 Å². The predicted octanol–water partition coefficient (Wildman–Crippen LogP) is 3.92. The molecule has 5 rings (SSSR count). The number of alkyl halides is 3. The number of imidazole rings is 1. The summed E-state index contributed by atoms with van der Waals surface area (Å²) in [4.78, 5) is 21.9. The summed E-state index contributed by atoms with van der Waals surface area (Å²) in [6.45, 7) is 5.98. The van der Waals surface area contributed by atoms with E-state index in [0.717, 1.165) is 54.8 Å². The molecular formula is C26H29F3N6O2. The number of halogens is 3. The highest BCUT2D eigenvalue weighted by molar-refractivity contribution is 5.70. The average molecular weight is 515 g/mol. The van der Waals surface area contributed by atoms with Gasteiger partial charge in [-0.1, -0.05) is 12.1 Å². The van der Waals surface area contributed by atoms with Gasteiger partial charge in [0.15, 0.2) is 5.65 Å². The highest BCUT2D eigenvalue weighted by Crippen LogP contribution is 2.32. The van der Waals surface area contributed by atoms with Crippen LogP contribution in [0.25, 0.3) is 22.4 Å². The molecule has 1 atom stereocenters. The molecule has 4 aromatic rings. The third kappa shape index (κ3) is 5.05. The van der Waals surface area contributed by atoms with Crippen LogP contribution in [0.3, 0.4) is 0 Å². The van der Waals surface area contributed by atoms with E-state index in [2.05, 4.69) is 20.0 Å². The van der Waals surface area contributed by atoms with Crippen LogP contribution in [0.2, 0.25) is 0 Å². The number of nitrogens with one attached hydrogen (secondary N) is 1. The molecule has 0 radical (unpaired) electrons. The number of fused-ring (bicyclic) bond motifs is 1. The summed E-state index contributed by atoms with van der Waals surface area (Å²) in [6.07, 6.45) is -1.83. The molecule has 1 aliphatic rings. The SMILES string of the molecule is Cc1c(-c2ccc(C(F)(F)F)cc2)nn(CC(O)CN2CCC(n3c(=O)[nH]c4cccnc43)CC2)c1C. The van der Waals surface area contributed by atoms with Crippen LogP contribution in [-0.4, -0.2) is 60.1 Å². The van der Waals surface area contributed by atoms with Gasteiger partial charge in [-0.25, -0.2) is 9.78 Å². The monoisotopic (exact) mass is 514 g/mol. The fourth-order valence-corrected chi connectivity index (χ4v) is 5.12. The van der Waals surface area contributed by atoms with Crippen molar-refractivity contribution in [2.24, 2.45) is 0 Å². The molecule has 0 bridgehead atoms. The van der Waals surface area contributed by atoms with Crippen molar-refractivity contribution in [3.05, 3.63) is 69.9 Å². The van der Waals surface area contributed by atoms with E-state index in [0.29, 0.717) is 23.4 Å². The van der Waals surface area contributed by atoms with E-state index in [4.69, 9.17) is 0 Å². The summed E-state index contributed by atoms with van der Waals surface area (Å²) in [7, 11) is 0. The van der Waals surface area contributed by atoms with E-state index in [1.54, 1.807) is 21.5 Å². The number of hydrogen-bond donors (Lipinski definition) is 2. The number of aromatic amines is 1. The Hall–Kier alpha value is -3.44. The number of aromatic nitrogens is 5. The zero-order chi connectivity index (χ0) is 26.3. The molecule has 196 valence electrons. The van der Waals surface area contributed by atoms with Gasteiger partial charge >= 0.3 is 11.9 Å². The molecule has 1 aromatic carbocycles. The minimum atomic E-state index is -4.39. The first-order valence-corrected chi connectivity index (χ1v) is 12.3. The van der Waals surface area contributed by atoms with Crippen molar-refractivity contribution < 1.29 is 18.3 Å². The molecule has 0 spiro atoms. The van der Waals surface area contributed by atoms with E-state index < -0.39 is 17.8 Å². The molecule has 3 aromatic heterocycles. The third-order valence-electron chi connectivity index (χ3n) is 7.24. The number of hydrogen-bond acceptors (Lipinski definition) is 5. The summed E-state index contributed by atoms with van der Waals surface area (Å²) in [5.41, 5.74) is 3.48. The first-order chi connectivity index (χ1) is 17.6. The van der Waals surface area contributed by atoms with Crippen molar-refractivity contribution in [2.45, 2.75) is 51.6 Å². The largest absolute Gasteiger partial charge is 0.416 e. The highest BCUT2D eigenvalue weighted by Gasteiger charge is 2.30. The summed E-state index contributed by atoms with van der Waals surface area (Å²) in [6, 6.07) is 8.65. The number of rotatable bonds is 6. The number of nitrogens with zero attached hydrogens (tertiary/aromatic N) is 5. The Bertz CT molecular complexity index is 1450. The van der Waals surface area contributed by atoms with Crippen molar-refractivity contribution >= 4 is 11.2 Å². The van der Waals surface area contributed by atoms with Gasteiger partial charge in [-0.05, 0) is 56.5 Å². The molecule has 0 aliphatic carbocycles. The Labute approximate surface area is 211 Å². The van der Waals surface area contributed by atoms with Crippen LogP contribution in [0.5, 0.6) is 0 Å². The maximum atomic E-state index is 12.9. The molecule has 37 heavy (non-hydrogen) atoms. The van der Waals surface area contributed by atoms with E-state index in [1.807, 2.05) is 19.9 Å². The molecule has 11 heteroatoms. The normalized spacial score (nSPS) is 16.5. The predicted molar refractivity (Wildman–Crippen MR) is 133 cm³/mol. The standard InChI is InChI=1S/C26H29F3N6O2/c1-16-17(2)34(32-23(16)18-5-7-19(8-6-18)26(27,28)29)15-21(36)14-33-12-9-20(10-13-33)35-24-22(31-25(35)37)4-3-11-30-24/h3-8,11,20-21,36H,9-10,12-15H2,1-2H3,(H,31,37). The minimum Gasteiger partial charge on any atom is -0.390 e. The quantitative estimate of drug-likeness (QED) is 0.407. The molecule has 1 aliphatic heterocycles. The van der Waals surface area contributed by atoms with Gasteiger partial charge in [0.2, 0.25) is 0 Å². The van der Waals surface area contributed by atoms with Gasteiger partial charge in [-0.3, -0.25) is 9.25 Å². The fourth-order valence-electron chi connectivity index (χ4n) is 5.12. The molecule has 1 unspecified atom stereocenters. The maximum Gasteiger partial charge on any atom is 0.416 e. The number of H-pyrrole nitrogens is 1. The van der Waals surface area contributed by atoms with Crippen LogP contribution in [-0.2, 0) is 12.7 Å². The zero-order valence-electron chi connectivity index (χ0n) is 20.7. The lowest BCUT2D eigenvalue weighted by molar-refractivity contribution is -0.137. The Balaban J connectivity index is 1.21. The zero-order valence-corrected chi connectivity index (χ0v) is 20.7. The first-order valence-electron chi connectivity index (χ1n) is 12.3. The van der Waals surface area contributed by atoms with Crippen molar-refractivity contribution in [1.82, 2.24) is 29.2 Å². The fraction of sp³-hybridized carbons (Fsp3) is 0.423. The number of likely N-dealkylation sites (tertiary alicyclic amines) is 1. The smallest absolute Gasteiger partial charge is 0.390 e. The Morgan fingerprint density at radius 3 is 2.49 bits per heavy atom. The van der Waals surface area contributed by atoms with Gasteiger partial charge in [0.05, 0.1) is 29.4 Å². The average Bonchev–Trinajstić information content (AvgIpc) is 3.35. The van der Waals surface area contributed by atoms with Gasteiger partial charge in [-0.15, -0.1) is 0 Å². The molecule has 2 N–H and O–H groups in total. The first kappa shape index (κ1) is 25.2. The highest BCUT2D eigenvalue weighted by atomic mass is 19.4. The number of pyridine rings is 1. The molecule has 4 heterocycles. The molecule has 0 amide bonds. The lowest BCUT2D eigenvalue weighted by Gasteiger charge is -2.33. The third-order valence-corrected chi connectivity index (χ3v) is 7.24. The van der Waals surface area contributed by atoms with Crippen LogP contribution in [0, 0.1) is 13.8 Å². The summed E-state index contributed by atoms with van der Waals surface area (Å²) in [5.74, 6) is 0.